The lowest BCUT2D eigenvalue weighted by Gasteiger charge is -2.29. The van der Waals surface area contributed by atoms with Gasteiger partial charge in [-0.1, -0.05) is 0 Å². The van der Waals surface area contributed by atoms with Crippen molar-refractivity contribution in [2.75, 3.05) is 46.6 Å². The van der Waals surface area contributed by atoms with E-state index in [2.05, 4.69) is 56.8 Å². The number of benzene rings is 2. The molecule has 288 valence electrons. The number of aryl methyl sites for hydroxylation is 2. The largest absolute Gasteiger partial charge is 0.515 e. The third kappa shape index (κ3) is 7.50. The second-order valence-corrected chi connectivity index (χ2v) is 14.9. The number of nitrogens with one attached hydrogen (secondary N) is 3. The Bertz CT molecular complexity index is 2620. The summed E-state index contributed by atoms with van der Waals surface area (Å²) in [6, 6.07) is 20.6. The quantitative estimate of drug-likeness (QED) is 0.0809. The fourth-order valence-corrected chi connectivity index (χ4v) is 7.89. The van der Waals surface area contributed by atoms with Crippen LogP contribution in [0.4, 0.5) is 40.3 Å². The van der Waals surface area contributed by atoms with E-state index >= 15 is 0 Å². The number of nitrogens with zero attached hydrogens (tertiary/aromatic N) is 6. The molecule has 0 aliphatic carbocycles. The molecule has 4 aliphatic rings. The first-order valence-corrected chi connectivity index (χ1v) is 19.7. The van der Waals surface area contributed by atoms with Crippen LogP contribution in [0.1, 0.15) is 67.0 Å². The Morgan fingerprint density at radius 3 is 1.86 bits per heavy atom. The molecule has 0 spiro atoms. The number of hydrogen-bond donors (Lipinski definition) is 4. The number of fused-ring (bicyclic) bond motifs is 1. The van der Waals surface area contributed by atoms with Gasteiger partial charge in [-0.3, -0.25) is 0 Å². The topological polar surface area (TPSA) is 151 Å². The van der Waals surface area contributed by atoms with Gasteiger partial charge in [-0.15, -0.1) is 0 Å². The van der Waals surface area contributed by atoms with Crippen molar-refractivity contribution >= 4 is 69.6 Å². The molecular weight excluding hydrogens is 715 g/mol. The zero-order valence-electron chi connectivity index (χ0n) is 32.2. The second kappa shape index (κ2) is 15.4. The first-order valence-electron chi connectivity index (χ1n) is 19.7. The summed E-state index contributed by atoms with van der Waals surface area (Å²) in [5, 5.41) is 25.9. The minimum Gasteiger partial charge on any atom is -0.515 e. The van der Waals surface area contributed by atoms with Crippen LogP contribution in [-0.2, 0) is 0 Å². The minimum absolute atomic E-state index is 0.135. The fraction of sp³-hybridized carbons (Fsp3) is 0.267. The summed E-state index contributed by atoms with van der Waals surface area (Å²) in [7, 11) is 0. The van der Waals surface area contributed by atoms with Crippen LogP contribution in [0.15, 0.2) is 103 Å². The molecule has 0 unspecified atom stereocenters. The van der Waals surface area contributed by atoms with Gasteiger partial charge in [0.15, 0.2) is 28.9 Å². The van der Waals surface area contributed by atoms with Gasteiger partial charge in [-0.25, -0.2) is 20.0 Å². The van der Waals surface area contributed by atoms with Gasteiger partial charge in [0.2, 0.25) is 0 Å². The van der Waals surface area contributed by atoms with E-state index in [9.17, 15) is 5.11 Å². The summed E-state index contributed by atoms with van der Waals surface area (Å²) in [4.78, 5) is 24.8. The molecule has 5 aromatic rings. The van der Waals surface area contributed by atoms with E-state index in [1.54, 1.807) is 0 Å². The number of aromatic nitrogens is 2. The summed E-state index contributed by atoms with van der Waals surface area (Å²) >= 11 is 0. The Kier molecular flexibility index (Phi) is 9.75. The zero-order chi connectivity index (χ0) is 38.9. The molecule has 9 rings (SSSR count). The molecule has 4 aliphatic heterocycles. The summed E-state index contributed by atoms with van der Waals surface area (Å²) < 4.78 is 12.0. The Morgan fingerprint density at radius 2 is 1.30 bits per heavy atom. The number of rotatable bonds is 10. The van der Waals surface area contributed by atoms with Gasteiger partial charge in [0.05, 0.1) is 39.8 Å². The summed E-state index contributed by atoms with van der Waals surface area (Å²) in [5.41, 5.74) is 8.34. The van der Waals surface area contributed by atoms with Crippen molar-refractivity contribution in [3.8, 4) is 0 Å². The SMILES string of the molecule is Cc1ccc(Nc2cc(N3CCCCC3)ccc2C2=CC3=CC(c4ccc(N5CCCCC5)cc4Nc4ccc(C)o4)=Nc4nc(/C(C=N)=C/O)nc(c4=C3)=N2)o1. The Labute approximate surface area is 330 Å². The van der Waals surface area contributed by atoms with Crippen LogP contribution in [-0.4, -0.2) is 53.2 Å². The van der Waals surface area contributed by atoms with Crippen molar-refractivity contribution in [2.24, 2.45) is 9.98 Å². The van der Waals surface area contributed by atoms with Crippen molar-refractivity contribution in [1.82, 2.24) is 9.97 Å². The maximum atomic E-state index is 10.1. The molecule has 2 aromatic carbocycles. The molecule has 3 aromatic heterocycles. The van der Waals surface area contributed by atoms with E-state index in [0.717, 1.165) is 115 Å². The molecule has 0 saturated carbocycles. The average Bonchev–Trinajstić information content (AvgIpc) is 3.73. The normalized spacial score (nSPS) is 16.7. The van der Waals surface area contributed by atoms with Crippen LogP contribution in [0.25, 0.3) is 17.3 Å². The van der Waals surface area contributed by atoms with Crippen molar-refractivity contribution in [2.45, 2.75) is 52.4 Å². The first-order chi connectivity index (χ1) is 27.9. The number of piperidine rings is 2. The lowest BCUT2D eigenvalue weighted by atomic mass is 10.0. The first kappa shape index (κ1) is 36.0. The molecule has 12 nitrogen and oxygen atoms in total. The third-order valence-corrected chi connectivity index (χ3v) is 10.8. The molecular formula is C45H45N9O3. The van der Waals surface area contributed by atoms with E-state index in [1.165, 1.54) is 12.8 Å². The Morgan fingerprint density at radius 1 is 0.702 bits per heavy atom. The highest BCUT2D eigenvalue weighted by Crippen LogP contribution is 2.36. The van der Waals surface area contributed by atoms with E-state index < -0.39 is 0 Å². The van der Waals surface area contributed by atoms with Gasteiger partial charge in [0.25, 0.3) is 0 Å². The van der Waals surface area contributed by atoms with Crippen molar-refractivity contribution < 1.29 is 13.9 Å². The Balaban J connectivity index is 1.22. The minimum atomic E-state index is 0.135. The standard InChI is InChI=1S/C45H45N9O3/c1-28-9-15-41(56-28)47-39-24-32(53-17-5-3-6-18-53)11-13-34(39)37-22-30-21-36-44(49-37)51-43(31(26-46)27-55)52-45(36)50-38(23-30)35-14-12-33(54-19-7-4-8-20-54)25-40(35)48-42-16-10-29(2)57-42/h9-16,21-27,46-48,55H,3-8,17-20H2,1-2H3/b31-27+,46-26?. The predicted molar refractivity (Wildman–Crippen MR) is 227 cm³/mol. The van der Waals surface area contributed by atoms with Gasteiger partial charge in [0, 0.05) is 67.0 Å². The van der Waals surface area contributed by atoms with E-state index in [-0.39, 0.29) is 11.4 Å². The lowest BCUT2D eigenvalue weighted by molar-refractivity contribution is 0.476. The van der Waals surface area contributed by atoms with Gasteiger partial charge in [-0.05, 0) is 125 Å². The van der Waals surface area contributed by atoms with Crippen molar-refractivity contribution in [3.63, 3.8) is 0 Å². The van der Waals surface area contributed by atoms with Crippen LogP contribution in [0.3, 0.4) is 0 Å². The number of allylic oxidation sites excluding steroid dienone is 4. The van der Waals surface area contributed by atoms with E-state index in [1.807, 2.05) is 56.3 Å². The number of hydrogen-bond acceptors (Lipinski definition) is 12. The highest BCUT2D eigenvalue weighted by molar-refractivity contribution is 6.15. The molecule has 57 heavy (non-hydrogen) atoms. The molecule has 0 atom stereocenters. The molecule has 0 amide bonds. The molecule has 2 fully saturated rings. The molecule has 4 N–H and O–H groups in total. The van der Waals surface area contributed by atoms with Crippen LogP contribution < -0.4 is 31.1 Å². The van der Waals surface area contributed by atoms with Crippen molar-refractivity contribution in [3.05, 3.63) is 124 Å². The van der Waals surface area contributed by atoms with Crippen LogP contribution in [0.2, 0.25) is 0 Å². The average molecular weight is 760 g/mol. The summed E-state index contributed by atoms with van der Waals surface area (Å²) in [5.74, 6) is 3.40. The molecule has 2 saturated heterocycles. The van der Waals surface area contributed by atoms with E-state index in [0.29, 0.717) is 39.7 Å². The molecule has 7 heterocycles. The second-order valence-electron chi connectivity index (χ2n) is 14.9. The fourth-order valence-electron chi connectivity index (χ4n) is 7.89. The smallest absolute Gasteiger partial charge is 0.197 e. The van der Waals surface area contributed by atoms with Gasteiger partial charge in [0.1, 0.15) is 11.5 Å². The Hall–Kier alpha value is -6.69. The lowest BCUT2D eigenvalue weighted by Crippen LogP contribution is -2.31. The molecule has 12 heteroatoms. The van der Waals surface area contributed by atoms with Crippen LogP contribution >= 0.6 is 0 Å². The number of furan rings is 2. The van der Waals surface area contributed by atoms with Gasteiger partial charge in [-0.2, -0.15) is 0 Å². The third-order valence-electron chi connectivity index (χ3n) is 10.8. The highest BCUT2D eigenvalue weighted by Gasteiger charge is 2.22. The molecule has 2 bridgehead atoms. The molecule has 0 radical (unpaired) electrons. The highest BCUT2D eigenvalue weighted by atomic mass is 16.4. The van der Waals surface area contributed by atoms with Crippen molar-refractivity contribution in [1.29, 1.82) is 5.41 Å². The maximum Gasteiger partial charge on any atom is 0.197 e. The number of aliphatic hydroxyl groups excluding tert-OH is 1. The van der Waals surface area contributed by atoms with Crippen LogP contribution in [0.5, 0.6) is 0 Å². The van der Waals surface area contributed by atoms with E-state index in [4.69, 9.17) is 34.2 Å². The van der Waals surface area contributed by atoms with Gasteiger partial charge < -0.3 is 39.8 Å². The van der Waals surface area contributed by atoms with Gasteiger partial charge >= 0.3 is 0 Å². The summed E-state index contributed by atoms with van der Waals surface area (Å²) in [6.45, 7) is 7.89. The number of anilines is 6. The monoisotopic (exact) mass is 759 g/mol. The summed E-state index contributed by atoms with van der Waals surface area (Å²) in [6.07, 6.45) is 15.1. The zero-order valence-corrected chi connectivity index (χ0v) is 32.2. The predicted octanol–water partition coefficient (Wildman–Crippen LogP) is 8.81. The van der Waals surface area contributed by atoms with Crippen LogP contribution in [0, 0.1) is 19.3 Å². The number of aliphatic imine (C=N–C) groups is 1. The number of aliphatic hydroxyl groups is 1. The maximum absolute atomic E-state index is 10.1.